The molecule has 6 heteroatoms. The van der Waals surface area contributed by atoms with Gasteiger partial charge in [-0.3, -0.25) is 0 Å². The van der Waals surface area contributed by atoms with Crippen LogP contribution in [0.3, 0.4) is 0 Å². The van der Waals surface area contributed by atoms with Crippen molar-refractivity contribution >= 4 is 23.1 Å². The van der Waals surface area contributed by atoms with E-state index in [1.807, 2.05) is 38.4 Å². The molecule has 5 nitrogen and oxygen atoms in total. The van der Waals surface area contributed by atoms with Gasteiger partial charge in [0.2, 0.25) is 0 Å². The summed E-state index contributed by atoms with van der Waals surface area (Å²) in [7, 11) is 4.04. The van der Waals surface area contributed by atoms with Crippen LogP contribution in [0.15, 0.2) is 41.8 Å². The van der Waals surface area contributed by atoms with Crippen molar-refractivity contribution in [1.82, 2.24) is 10.2 Å². The maximum atomic E-state index is 12.6. The second-order valence-corrected chi connectivity index (χ2v) is 8.29. The summed E-state index contributed by atoms with van der Waals surface area (Å²) in [5.41, 5.74) is 0.767. The summed E-state index contributed by atoms with van der Waals surface area (Å²) < 4.78 is 5.69. The number of amides is 2. The van der Waals surface area contributed by atoms with Gasteiger partial charge in [0.15, 0.2) is 0 Å². The molecule has 1 fully saturated rings. The Balaban J connectivity index is 1.54. The fraction of sp³-hybridized carbons (Fsp3) is 0.476. The second-order valence-electron chi connectivity index (χ2n) is 7.31. The number of carbonyl (C=O) groups excluding carboxylic acids is 1. The van der Waals surface area contributed by atoms with Crippen molar-refractivity contribution in [3.63, 3.8) is 0 Å². The van der Waals surface area contributed by atoms with E-state index in [4.69, 9.17) is 4.74 Å². The van der Waals surface area contributed by atoms with Gasteiger partial charge in [-0.2, -0.15) is 0 Å². The monoisotopic (exact) mass is 387 g/mol. The molecule has 1 aliphatic rings. The van der Waals surface area contributed by atoms with Gasteiger partial charge in [-0.05, 0) is 68.6 Å². The zero-order chi connectivity index (χ0) is 19.1. The largest absolute Gasteiger partial charge is 0.492 e. The van der Waals surface area contributed by atoms with Crippen LogP contribution in [0, 0.1) is 5.92 Å². The molecule has 0 saturated heterocycles. The Bertz CT molecular complexity index is 695. The van der Waals surface area contributed by atoms with Crippen LogP contribution in [0.4, 0.5) is 10.5 Å². The number of thiophene rings is 1. The highest BCUT2D eigenvalue weighted by atomic mass is 32.1. The normalized spacial score (nSPS) is 15.7. The zero-order valence-electron chi connectivity index (χ0n) is 16.1. The van der Waals surface area contributed by atoms with Gasteiger partial charge in [-0.1, -0.05) is 18.9 Å². The van der Waals surface area contributed by atoms with E-state index in [0.717, 1.165) is 18.0 Å². The highest BCUT2D eigenvalue weighted by Crippen LogP contribution is 2.37. The van der Waals surface area contributed by atoms with Crippen LogP contribution in [0.5, 0.6) is 5.75 Å². The lowest BCUT2D eigenvalue weighted by Crippen LogP contribution is -2.35. The SMILES string of the molecule is CN(C)CCOc1ccc(NC(=O)NC(c2cccs2)C2CCCC2)cc1. The maximum absolute atomic E-state index is 12.6. The second kappa shape index (κ2) is 9.76. The predicted molar refractivity (Wildman–Crippen MR) is 112 cm³/mol. The summed E-state index contributed by atoms with van der Waals surface area (Å²) in [5.74, 6) is 1.34. The summed E-state index contributed by atoms with van der Waals surface area (Å²) in [6.45, 7) is 1.51. The molecule has 1 saturated carbocycles. The lowest BCUT2D eigenvalue weighted by atomic mass is 9.97. The Labute approximate surface area is 165 Å². The smallest absolute Gasteiger partial charge is 0.319 e. The van der Waals surface area contributed by atoms with E-state index in [-0.39, 0.29) is 12.1 Å². The molecule has 1 aliphatic carbocycles. The number of hydrogen-bond donors (Lipinski definition) is 2. The third-order valence-corrected chi connectivity index (χ3v) is 5.88. The van der Waals surface area contributed by atoms with Gasteiger partial charge in [-0.25, -0.2) is 4.79 Å². The van der Waals surface area contributed by atoms with Gasteiger partial charge in [0.25, 0.3) is 0 Å². The van der Waals surface area contributed by atoms with Crippen LogP contribution < -0.4 is 15.4 Å². The molecule has 2 amide bonds. The first-order valence-corrected chi connectivity index (χ1v) is 10.5. The van der Waals surface area contributed by atoms with E-state index in [2.05, 4.69) is 33.0 Å². The Kier molecular flexibility index (Phi) is 7.12. The number of nitrogens with one attached hydrogen (secondary N) is 2. The molecule has 1 aromatic heterocycles. The standard InChI is InChI=1S/C21H29N3O2S/c1-24(2)13-14-26-18-11-9-17(10-12-18)22-21(25)23-20(16-6-3-4-7-16)19-8-5-15-27-19/h5,8-12,15-16,20H,3-4,6-7,13-14H2,1-2H3,(H2,22,23,25). The van der Waals surface area contributed by atoms with Crippen LogP contribution in [0.25, 0.3) is 0 Å². The van der Waals surface area contributed by atoms with Crippen LogP contribution in [0.2, 0.25) is 0 Å². The lowest BCUT2D eigenvalue weighted by molar-refractivity contribution is 0.243. The highest BCUT2D eigenvalue weighted by Gasteiger charge is 2.28. The molecule has 0 bridgehead atoms. The molecule has 0 radical (unpaired) electrons. The van der Waals surface area contributed by atoms with Gasteiger partial charge < -0.3 is 20.3 Å². The third-order valence-electron chi connectivity index (χ3n) is 4.93. The summed E-state index contributed by atoms with van der Waals surface area (Å²) in [5, 5.41) is 8.22. The number of carbonyl (C=O) groups is 1. The van der Waals surface area contributed by atoms with Crippen molar-refractivity contribution < 1.29 is 9.53 Å². The fourth-order valence-corrected chi connectivity index (χ4v) is 4.34. The third kappa shape index (κ3) is 5.97. The highest BCUT2D eigenvalue weighted by molar-refractivity contribution is 7.10. The van der Waals surface area contributed by atoms with Crippen molar-refractivity contribution in [2.75, 3.05) is 32.6 Å². The molecule has 3 rings (SSSR count). The first-order chi connectivity index (χ1) is 13.1. The number of ether oxygens (including phenoxy) is 1. The number of nitrogens with zero attached hydrogens (tertiary/aromatic N) is 1. The quantitative estimate of drug-likeness (QED) is 0.688. The van der Waals surface area contributed by atoms with Crippen molar-refractivity contribution in [3.8, 4) is 5.75 Å². The molecule has 1 heterocycles. The molecular formula is C21H29N3O2S. The molecule has 2 aromatic rings. The number of urea groups is 1. The van der Waals surface area contributed by atoms with E-state index in [0.29, 0.717) is 12.5 Å². The average molecular weight is 388 g/mol. The van der Waals surface area contributed by atoms with Crippen LogP contribution in [0.1, 0.15) is 36.6 Å². The van der Waals surface area contributed by atoms with Crippen molar-refractivity contribution in [1.29, 1.82) is 0 Å². The molecule has 1 atom stereocenters. The van der Waals surface area contributed by atoms with Gasteiger partial charge in [-0.15, -0.1) is 11.3 Å². The van der Waals surface area contributed by atoms with Gasteiger partial charge in [0.1, 0.15) is 12.4 Å². The van der Waals surface area contributed by atoms with E-state index in [1.165, 1.54) is 30.6 Å². The average Bonchev–Trinajstić information content (AvgIpc) is 3.35. The molecule has 1 unspecified atom stereocenters. The van der Waals surface area contributed by atoms with Crippen LogP contribution in [-0.4, -0.2) is 38.2 Å². The lowest BCUT2D eigenvalue weighted by Gasteiger charge is -2.24. The molecule has 1 aromatic carbocycles. The molecule has 0 aliphatic heterocycles. The Morgan fingerprint density at radius 2 is 1.96 bits per heavy atom. The zero-order valence-corrected chi connectivity index (χ0v) is 16.9. The summed E-state index contributed by atoms with van der Waals surface area (Å²) in [6, 6.07) is 11.6. The number of likely N-dealkylation sites (N-methyl/N-ethyl adjacent to an activating group) is 1. The van der Waals surface area contributed by atoms with Crippen molar-refractivity contribution in [3.05, 3.63) is 46.7 Å². The van der Waals surface area contributed by atoms with Gasteiger partial charge in [0.05, 0.1) is 6.04 Å². The number of benzene rings is 1. The maximum Gasteiger partial charge on any atom is 0.319 e. The first kappa shape index (κ1) is 19.7. The predicted octanol–water partition coefficient (Wildman–Crippen LogP) is 4.74. The fourth-order valence-electron chi connectivity index (χ4n) is 3.47. The Hall–Kier alpha value is -2.05. The minimum atomic E-state index is -0.151. The first-order valence-electron chi connectivity index (χ1n) is 9.60. The number of hydrogen-bond acceptors (Lipinski definition) is 4. The molecule has 0 spiro atoms. The van der Waals surface area contributed by atoms with Crippen LogP contribution in [-0.2, 0) is 0 Å². The molecule has 27 heavy (non-hydrogen) atoms. The molecule has 2 N–H and O–H groups in total. The van der Waals surface area contributed by atoms with E-state index in [9.17, 15) is 4.79 Å². The minimum absolute atomic E-state index is 0.0983. The summed E-state index contributed by atoms with van der Waals surface area (Å²) in [4.78, 5) is 15.9. The Morgan fingerprint density at radius 3 is 2.59 bits per heavy atom. The number of anilines is 1. The Morgan fingerprint density at radius 1 is 1.22 bits per heavy atom. The number of rotatable bonds is 8. The van der Waals surface area contributed by atoms with Gasteiger partial charge in [0, 0.05) is 17.1 Å². The summed E-state index contributed by atoms with van der Waals surface area (Å²) >= 11 is 1.72. The topological polar surface area (TPSA) is 53.6 Å². The molecular weight excluding hydrogens is 358 g/mol. The van der Waals surface area contributed by atoms with Crippen molar-refractivity contribution in [2.45, 2.75) is 31.7 Å². The summed E-state index contributed by atoms with van der Waals surface area (Å²) in [6.07, 6.45) is 4.87. The van der Waals surface area contributed by atoms with E-state index < -0.39 is 0 Å². The minimum Gasteiger partial charge on any atom is -0.492 e. The molecule has 146 valence electrons. The van der Waals surface area contributed by atoms with Crippen molar-refractivity contribution in [2.24, 2.45) is 5.92 Å². The van der Waals surface area contributed by atoms with E-state index in [1.54, 1.807) is 11.3 Å². The van der Waals surface area contributed by atoms with E-state index >= 15 is 0 Å². The van der Waals surface area contributed by atoms with Crippen LogP contribution >= 0.6 is 11.3 Å². The van der Waals surface area contributed by atoms with Gasteiger partial charge >= 0.3 is 6.03 Å².